The zero-order valence-electron chi connectivity index (χ0n) is 26.8. The van der Waals surface area contributed by atoms with E-state index in [-0.39, 0.29) is 23.5 Å². The van der Waals surface area contributed by atoms with Gasteiger partial charge in [0, 0.05) is 13.1 Å². The van der Waals surface area contributed by atoms with E-state index >= 15 is 0 Å². The third-order valence-electron chi connectivity index (χ3n) is 7.04. The fourth-order valence-corrected chi connectivity index (χ4v) is 5.55. The minimum atomic E-state index is -0.745. The van der Waals surface area contributed by atoms with Crippen LogP contribution in [0.3, 0.4) is 0 Å². The zero-order valence-corrected chi connectivity index (χ0v) is 27.6. The molecule has 248 valence electrons. The lowest BCUT2D eigenvalue weighted by Crippen LogP contribution is -2.34. The average Bonchev–Trinajstić information content (AvgIpc) is 3.36. The van der Waals surface area contributed by atoms with E-state index in [2.05, 4.69) is 10.6 Å². The van der Waals surface area contributed by atoms with Crippen LogP contribution in [0.4, 0.5) is 21.0 Å². The van der Waals surface area contributed by atoms with Crippen molar-refractivity contribution in [3.05, 3.63) is 96.6 Å². The van der Waals surface area contributed by atoms with Crippen molar-refractivity contribution < 1.29 is 38.5 Å². The van der Waals surface area contributed by atoms with Gasteiger partial charge in [-0.05, 0) is 92.4 Å². The molecule has 1 heterocycles. The van der Waals surface area contributed by atoms with E-state index < -0.39 is 22.9 Å². The summed E-state index contributed by atoms with van der Waals surface area (Å²) >= 11 is 0.966. The first-order valence-electron chi connectivity index (χ1n) is 15.0. The number of ether oxygens (including phenoxy) is 3. The topological polar surface area (TPSA) is 144 Å². The lowest BCUT2D eigenvalue weighted by molar-refractivity contribution is -0.119. The van der Waals surface area contributed by atoms with Crippen LogP contribution >= 0.6 is 11.8 Å². The highest BCUT2D eigenvalue weighted by Gasteiger charge is 2.31. The number of phenolic OH excluding ortho intramolecular Hbond substituents is 1. The van der Waals surface area contributed by atoms with Gasteiger partial charge in [0.2, 0.25) is 5.91 Å². The van der Waals surface area contributed by atoms with Crippen molar-refractivity contribution in [3.63, 3.8) is 0 Å². The molecule has 0 saturated carbocycles. The summed E-state index contributed by atoms with van der Waals surface area (Å²) in [5.74, 6) is 0.840. The Bertz CT molecular complexity index is 1800. The number of aromatic hydroxyl groups is 1. The van der Waals surface area contributed by atoms with Gasteiger partial charge in [0.1, 0.15) is 28.6 Å². The zero-order chi connectivity index (χ0) is 34.4. The summed E-state index contributed by atoms with van der Waals surface area (Å²) in [6.07, 6.45) is -0.232. The second-order valence-electron chi connectivity index (χ2n) is 12.0. The summed E-state index contributed by atoms with van der Waals surface area (Å²) in [4.78, 5) is 50.5. The Hall–Kier alpha value is -5.49. The number of rotatable bonds is 10. The van der Waals surface area contributed by atoms with Crippen LogP contribution in [0.1, 0.15) is 26.3 Å². The molecule has 0 bridgehead atoms. The maximum absolute atomic E-state index is 13.0. The van der Waals surface area contributed by atoms with E-state index in [1.54, 1.807) is 75.4 Å². The van der Waals surface area contributed by atoms with Crippen LogP contribution in [0.2, 0.25) is 0 Å². The van der Waals surface area contributed by atoms with Gasteiger partial charge in [-0.15, -0.1) is 0 Å². The van der Waals surface area contributed by atoms with Gasteiger partial charge in [-0.3, -0.25) is 24.6 Å². The van der Waals surface area contributed by atoms with Crippen molar-refractivity contribution in [2.75, 3.05) is 23.9 Å². The molecular formula is C36H35N3O8S. The number of amides is 4. The second kappa shape index (κ2) is 14.5. The summed E-state index contributed by atoms with van der Waals surface area (Å²) in [5.41, 5.74) is 2.66. The van der Waals surface area contributed by atoms with Crippen LogP contribution in [0.5, 0.6) is 23.0 Å². The lowest BCUT2D eigenvalue weighted by Gasteiger charge is -2.26. The number of carbonyl (C=O) groups is 4. The van der Waals surface area contributed by atoms with Crippen LogP contribution in [0.15, 0.2) is 91.0 Å². The first-order chi connectivity index (χ1) is 22.8. The van der Waals surface area contributed by atoms with Crippen LogP contribution in [0.25, 0.3) is 11.1 Å². The number of anilines is 2. The fraction of sp³-hybridized carbons (Fsp3) is 0.222. The van der Waals surface area contributed by atoms with Crippen molar-refractivity contribution >= 4 is 46.3 Å². The average molecular weight is 670 g/mol. The number of hydrogen-bond donors (Lipinski definition) is 3. The molecule has 1 aliphatic heterocycles. The van der Waals surface area contributed by atoms with Gasteiger partial charge in [0.15, 0.2) is 6.61 Å². The number of imide groups is 1. The number of carbonyl (C=O) groups excluding carboxylic acids is 4. The molecule has 0 aromatic heterocycles. The Balaban J connectivity index is 1.26. The molecule has 1 fully saturated rings. The molecule has 1 unspecified atom stereocenters. The summed E-state index contributed by atoms with van der Waals surface area (Å²) < 4.78 is 17.3. The minimum absolute atomic E-state index is 0.191. The molecule has 5 rings (SSSR count). The van der Waals surface area contributed by atoms with Gasteiger partial charge >= 0.3 is 6.09 Å². The van der Waals surface area contributed by atoms with Gasteiger partial charge in [-0.25, -0.2) is 4.79 Å². The Morgan fingerprint density at radius 3 is 2.08 bits per heavy atom. The highest BCUT2D eigenvalue weighted by atomic mass is 32.2. The molecule has 0 spiro atoms. The standard InChI is InChI=1S/C36H35N3O8S/c1-36(2,3)47-35(44)39(4)30-20-28(46-27-15-9-24(10-16-27)23-7-11-25(40)12-8-23)17-18-29(30)37-32(41)21-45-26-13-5-22(6-14-26)19-31-33(42)38-34(43)48-31/h5-18,20,31,40H,19,21H2,1-4H3,(H,37,41)(H,38,42,43). The van der Waals surface area contributed by atoms with Gasteiger partial charge < -0.3 is 24.6 Å². The summed E-state index contributed by atoms with van der Waals surface area (Å²) in [7, 11) is 1.54. The smallest absolute Gasteiger partial charge is 0.414 e. The van der Waals surface area contributed by atoms with Crippen LogP contribution < -0.4 is 25.0 Å². The van der Waals surface area contributed by atoms with Gasteiger partial charge in [-0.2, -0.15) is 0 Å². The normalized spacial score (nSPS) is 14.2. The summed E-state index contributed by atoms with van der Waals surface area (Å²) in [6, 6.07) is 26.2. The van der Waals surface area contributed by atoms with Crippen molar-refractivity contribution in [1.29, 1.82) is 0 Å². The maximum atomic E-state index is 13.0. The number of benzene rings is 4. The number of hydrogen-bond acceptors (Lipinski definition) is 9. The van der Waals surface area contributed by atoms with Crippen molar-refractivity contribution in [1.82, 2.24) is 5.32 Å². The van der Waals surface area contributed by atoms with E-state index in [0.717, 1.165) is 28.5 Å². The van der Waals surface area contributed by atoms with E-state index in [0.29, 0.717) is 35.0 Å². The highest BCUT2D eigenvalue weighted by molar-refractivity contribution is 8.15. The molecule has 3 N–H and O–H groups in total. The van der Waals surface area contributed by atoms with Gasteiger partial charge in [0.25, 0.3) is 11.1 Å². The molecule has 4 aromatic rings. The summed E-state index contributed by atoms with van der Waals surface area (Å²) in [6.45, 7) is 4.98. The molecule has 48 heavy (non-hydrogen) atoms. The van der Waals surface area contributed by atoms with Crippen LogP contribution in [-0.4, -0.2) is 52.8 Å². The monoisotopic (exact) mass is 669 g/mol. The SMILES string of the molecule is CN(C(=O)OC(C)(C)C)c1cc(Oc2ccc(-c3ccc(O)cc3)cc2)ccc1NC(=O)COc1ccc(CC2SC(=O)NC2=O)cc1. The van der Waals surface area contributed by atoms with Crippen LogP contribution in [0, 0.1) is 0 Å². The van der Waals surface area contributed by atoms with Crippen molar-refractivity contribution in [2.24, 2.45) is 0 Å². The van der Waals surface area contributed by atoms with Crippen molar-refractivity contribution in [2.45, 2.75) is 38.0 Å². The predicted molar refractivity (Wildman–Crippen MR) is 184 cm³/mol. The quantitative estimate of drug-likeness (QED) is 0.161. The molecule has 1 atom stereocenters. The molecule has 11 nitrogen and oxygen atoms in total. The van der Waals surface area contributed by atoms with Crippen LogP contribution in [-0.2, 0) is 20.7 Å². The summed E-state index contributed by atoms with van der Waals surface area (Å²) in [5, 5.41) is 13.8. The largest absolute Gasteiger partial charge is 0.508 e. The minimum Gasteiger partial charge on any atom is -0.508 e. The van der Waals surface area contributed by atoms with E-state index in [4.69, 9.17) is 14.2 Å². The molecule has 4 aromatic carbocycles. The predicted octanol–water partition coefficient (Wildman–Crippen LogP) is 7.13. The number of phenols is 1. The molecule has 0 radical (unpaired) electrons. The van der Waals surface area contributed by atoms with Gasteiger partial charge in [-0.1, -0.05) is 48.2 Å². The Kier molecular flexibility index (Phi) is 10.2. The highest BCUT2D eigenvalue weighted by Crippen LogP contribution is 2.34. The Morgan fingerprint density at radius 2 is 1.48 bits per heavy atom. The van der Waals surface area contributed by atoms with E-state index in [9.17, 15) is 24.3 Å². The second-order valence-corrected chi connectivity index (χ2v) is 13.1. The molecule has 1 saturated heterocycles. The molecule has 4 amide bonds. The fourth-order valence-electron chi connectivity index (χ4n) is 4.69. The molecule has 0 aliphatic carbocycles. The molecule has 12 heteroatoms. The van der Waals surface area contributed by atoms with E-state index in [1.807, 2.05) is 36.4 Å². The number of nitrogens with one attached hydrogen (secondary N) is 2. The Labute approximate surface area is 282 Å². The maximum Gasteiger partial charge on any atom is 0.414 e. The molecular weight excluding hydrogens is 634 g/mol. The third kappa shape index (κ3) is 9.07. The molecule has 1 aliphatic rings. The third-order valence-corrected chi connectivity index (χ3v) is 8.03. The first kappa shape index (κ1) is 33.9. The lowest BCUT2D eigenvalue weighted by atomic mass is 10.1. The Morgan fingerprint density at radius 1 is 0.875 bits per heavy atom. The first-order valence-corrected chi connectivity index (χ1v) is 15.9. The van der Waals surface area contributed by atoms with Gasteiger partial charge in [0.05, 0.1) is 16.6 Å². The number of nitrogens with zero attached hydrogens (tertiary/aromatic N) is 1. The van der Waals surface area contributed by atoms with Crippen molar-refractivity contribution in [3.8, 4) is 34.1 Å². The van der Waals surface area contributed by atoms with E-state index in [1.165, 1.54) is 11.9 Å². The number of thioether (sulfide) groups is 1.